The molecule has 2 aliphatic rings. The van der Waals surface area contributed by atoms with Gasteiger partial charge in [0.2, 0.25) is 15.9 Å². The number of alkyl halides is 3. The summed E-state index contributed by atoms with van der Waals surface area (Å²) < 4.78 is 67.8. The maximum Gasteiger partial charge on any atom is 0.416 e. The molecule has 0 unspecified atom stereocenters. The van der Waals surface area contributed by atoms with E-state index >= 15 is 0 Å². The van der Waals surface area contributed by atoms with Gasteiger partial charge in [-0.15, -0.1) is 0 Å². The van der Waals surface area contributed by atoms with Gasteiger partial charge in [-0.2, -0.15) is 13.2 Å². The van der Waals surface area contributed by atoms with Crippen molar-refractivity contribution in [2.75, 3.05) is 11.9 Å². The summed E-state index contributed by atoms with van der Waals surface area (Å²) in [4.78, 5) is 15.4. The van der Waals surface area contributed by atoms with Crippen LogP contribution in [-0.2, 0) is 40.4 Å². The Labute approximate surface area is 243 Å². The molecular weight excluding hydrogens is 567 g/mol. The van der Waals surface area contributed by atoms with Crippen molar-refractivity contribution >= 4 is 21.6 Å². The summed E-state index contributed by atoms with van der Waals surface area (Å²) in [5.74, 6) is -0.246. The Balaban J connectivity index is 1.30. The molecule has 1 heterocycles. The number of amides is 1. The lowest BCUT2D eigenvalue weighted by Crippen LogP contribution is -2.40. The number of halogens is 3. The minimum atomic E-state index is -4.40. The van der Waals surface area contributed by atoms with Crippen LogP contribution >= 0.6 is 0 Å². The molecule has 7 nitrogen and oxygen atoms in total. The van der Waals surface area contributed by atoms with E-state index in [0.717, 1.165) is 36.1 Å². The van der Waals surface area contributed by atoms with E-state index in [1.807, 2.05) is 17.9 Å². The second-order valence-corrected chi connectivity index (χ2v) is 12.6. The number of nitrogens with one attached hydrogen (secondary N) is 2. The van der Waals surface area contributed by atoms with Crippen molar-refractivity contribution in [3.8, 4) is 0 Å². The molecule has 1 fully saturated rings. The van der Waals surface area contributed by atoms with E-state index in [1.54, 1.807) is 36.4 Å². The zero-order valence-electron chi connectivity index (χ0n) is 23.2. The number of hydrogen-bond acceptors (Lipinski definition) is 5. The number of hydrogen-bond donors (Lipinski definition) is 3. The number of sulfonamides is 1. The van der Waals surface area contributed by atoms with Crippen molar-refractivity contribution in [3.63, 3.8) is 0 Å². The van der Waals surface area contributed by atoms with Crippen LogP contribution in [0, 0.1) is 0 Å². The van der Waals surface area contributed by atoms with Crippen LogP contribution in [-0.4, -0.2) is 43.0 Å². The van der Waals surface area contributed by atoms with Gasteiger partial charge in [-0.1, -0.05) is 37.3 Å². The Morgan fingerprint density at radius 2 is 1.69 bits per heavy atom. The quantitative estimate of drug-likeness (QED) is 0.330. The van der Waals surface area contributed by atoms with Gasteiger partial charge in [-0.05, 0) is 97.3 Å². The summed E-state index contributed by atoms with van der Waals surface area (Å²) in [5.41, 5.74) is 2.95. The Morgan fingerprint density at radius 3 is 2.36 bits per heavy atom. The highest BCUT2D eigenvalue weighted by Gasteiger charge is 2.34. The molecule has 0 spiro atoms. The second kappa shape index (κ2) is 12.2. The van der Waals surface area contributed by atoms with E-state index < -0.39 is 40.0 Å². The summed E-state index contributed by atoms with van der Waals surface area (Å²) in [5, 5.41) is 13.7. The van der Waals surface area contributed by atoms with Crippen LogP contribution < -0.4 is 10.0 Å². The summed E-state index contributed by atoms with van der Waals surface area (Å²) >= 11 is 0. The van der Waals surface area contributed by atoms with Gasteiger partial charge in [0.05, 0.1) is 28.6 Å². The molecule has 0 aromatic heterocycles. The average Bonchev–Trinajstić information content (AvgIpc) is 3.43. The first-order chi connectivity index (χ1) is 19.9. The molecule has 42 heavy (non-hydrogen) atoms. The third-order valence-electron chi connectivity index (χ3n) is 8.10. The Kier molecular flexibility index (Phi) is 8.75. The summed E-state index contributed by atoms with van der Waals surface area (Å²) in [6.07, 6.45) is -2.22. The van der Waals surface area contributed by atoms with Crippen LogP contribution in [0.4, 0.5) is 18.9 Å². The van der Waals surface area contributed by atoms with Gasteiger partial charge in [0.1, 0.15) is 0 Å². The van der Waals surface area contributed by atoms with Gasteiger partial charge in [0.15, 0.2) is 0 Å². The predicted octanol–water partition coefficient (Wildman–Crippen LogP) is 5.20. The number of fused-ring (bicyclic) bond motifs is 1. The number of aliphatic hydroxyl groups excluding tert-OH is 1. The fourth-order valence-electron chi connectivity index (χ4n) is 5.72. The Morgan fingerprint density at radius 1 is 1.00 bits per heavy atom. The molecule has 0 radical (unpaired) electrons. The lowest BCUT2D eigenvalue weighted by Gasteiger charge is -2.31. The van der Waals surface area contributed by atoms with E-state index in [9.17, 15) is 31.5 Å². The van der Waals surface area contributed by atoms with Gasteiger partial charge >= 0.3 is 6.18 Å². The van der Waals surface area contributed by atoms with E-state index in [-0.39, 0.29) is 10.8 Å². The summed E-state index contributed by atoms with van der Waals surface area (Å²) in [6, 6.07) is 15.5. The lowest BCUT2D eigenvalue weighted by molar-refractivity contribution is -0.137. The number of aliphatic hydroxyl groups is 1. The molecule has 3 aromatic rings. The van der Waals surface area contributed by atoms with Crippen LogP contribution in [0.5, 0.6) is 0 Å². The number of anilines is 1. The number of nitrogens with zero attached hydrogens (tertiary/aromatic N) is 1. The second-order valence-electron chi connectivity index (χ2n) is 10.9. The first-order valence-corrected chi connectivity index (χ1v) is 15.6. The molecule has 5 rings (SSSR count). The fourth-order valence-corrected chi connectivity index (χ4v) is 6.97. The minimum Gasteiger partial charge on any atom is -0.391 e. The molecule has 224 valence electrons. The van der Waals surface area contributed by atoms with Crippen molar-refractivity contribution in [3.05, 3.63) is 94.5 Å². The van der Waals surface area contributed by atoms with Crippen molar-refractivity contribution in [2.45, 2.75) is 74.8 Å². The van der Waals surface area contributed by atoms with Crippen LogP contribution in [0.1, 0.15) is 60.0 Å². The molecule has 0 saturated carbocycles. The van der Waals surface area contributed by atoms with E-state index in [2.05, 4.69) is 10.0 Å². The summed E-state index contributed by atoms with van der Waals surface area (Å²) in [7, 11) is -3.92. The highest BCUT2D eigenvalue weighted by atomic mass is 32.2. The topological polar surface area (TPSA) is 98.7 Å². The third-order valence-corrected chi connectivity index (χ3v) is 9.56. The molecule has 1 aliphatic carbocycles. The Bertz CT molecular complexity index is 1530. The zero-order chi connectivity index (χ0) is 30.1. The molecule has 11 heteroatoms. The van der Waals surface area contributed by atoms with Gasteiger partial charge in [-0.25, -0.2) is 13.1 Å². The van der Waals surface area contributed by atoms with Gasteiger partial charge in [0, 0.05) is 12.2 Å². The highest BCUT2D eigenvalue weighted by molar-refractivity contribution is 7.89. The number of benzene rings is 3. The molecule has 1 amide bonds. The van der Waals surface area contributed by atoms with Gasteiger partial charge in [0.25, 0.3) is 0 Å². The fraction of sp³-hybridized carbons (Fsp3) is 0.387. The normalized spacial score (nSPS) is 21.2. The van der Waals surface area contributed by atoms with Crippen molar-refractivity contribution in [2.24, 2.45) is 0 Å². The van der Waals surface area contributed by atoms with Crippen LogP contribution in [0.2, 0.25) is 0 Å². The first-order valence-electron chi connectivity index (χ1n) is 14.1. The monoisotopic (exact) mass is 601 g/mol. The molecule has 3 atom stereocenters. The van der Waals surface area contributed by atoms with Crippen molar-refractivity contribution in [1.82, 2.24) is 9.62 Å². The maximum absolute atomic E-state index is 13.3. The number of rotatable bonds is 8. The Hall–Kier alpha value is -3.25. The van der Waals surface area contributed by atoms with Gasteiger partial charge < -0.3 is 10.4 Å². The zero-order valence-corrected chi connectivity index (χ0v) is 24.0. The largest absolute Gasteiger partial charge is 0.416 e. The van der Waals surface area contributed by atoms with Crippen LogP contribution in [0.3, 0.4) is 0 Å². The van der Waals surface area contributed by atoms with E-state index in [0.29, 0.717) is 49.2 Å². The summed E-state index contributed by atoms with van der Waals surface area (Å²) in [6.45, 7) is 2.96. The number of aryl methyl sites for hydroxylation is 2. The number of likely N-dealkylation sites (tertiary alicyclic amines) is 1. The van der Waals surface area contributed by atoms with Crippen molar-refractivity contribution < 1.29 is 31.5 Å². The first kappa shape index (κ1) is 30.2. The molecule has 3 aromatic carbocycles. The molecule has 1 aliphatic heterocycles. The average molecular weight is 602 g/mol. The van der Waals surface area contributed by atoms with E-state index in [4.69, 9.17) is 0 Å². The maximum atomic E-state index is 13.3. The SMILES string of the molecule is CCc1ccc(S(=O)(=O)N[C@@H]2c3cc(NC(=O)[C@H]4CCCN4Cc4ccc(C(F)(F)F)cc4)ccc3CC[C@H]2O)cc1. The number of carbonyl (C=O) groups is 1. The minimum absolute atomic E-state index is 0.109. The smallest absolute Gasteiger partial charge is 0.391 e. The molecule has 3 N–H and O–H groups in total. The number of carbonyl (C=O) groups excluding carboxylic acids is 1. The molecule has 0 bridgehead atoms. The van der Waals surface area contributed by atoms with Crippen molar-refractivity contribution in [1.29, 1.82) is 0 Å². The third kappa shape index (κ3) is 6.70. The highest BCUT2D eigenvalue weighted by Crippen LogP contribution is 2.34. The molecule has 1 saturated heterocycles. The predicted molar refractivity (Wildman–Crippen MR) is 153 cm³/mol. The standard InChI is InChI=1S/C31H34F3N3O4S/c1-2-20-7-14-25(15-8-20)42(40,41)36-29-26-18-24(13-9-22(26)10-16-28(29)38)35-30(39)27-4-3-17-37(27)19-21-5-11-23(12-6-21)31(32,33)34/h5-9,11-15,18,27-29,36,38H,2-4,10,16-17,19H2,1H3,(H,35,39)/t27-,28-,29-/m1/s1. The van der Waals surface area contributed by atoms with E-state index in [1.165, 1.54) is 12.1 Å². The van der Waals surface area contributed by atoms with Crippen LogP contribution in [0.25, 0.3) is 0 Å². The lowest BCUT2D eigenvalue weighted by atomic mass is 9.86. The molecular formula is C31H34F3N3O4S. The van der Waals surface area contributed by atoms with Gasteiger partial charge in [-0.3, -0.25) is 9.69 Å². The van der Waals surface area contributed by atoms with Crippen LogP contribution in [0.15, 0.2) is 71.6 Å².